The summed E-state index contributed by atoms with van der Waals surface area (Å²) in [7, 11) is -3.73. The standard InChI is InChI=1S/C10H9N3O3S/c14-9-2-1-3-10(4-9)17(15,16)13-8-5-11-7-12-6-8/h1-7,13-14H. The third kappa shape index (κ3) is 2.70. The highest BCUT2D eigenvalue weighted by molar-refractivity contribution is 7.92. The maximum Gasteiger partial charge on any atom is 0.262 e. The first kappa shape index (κ1) is 11.3. The highest BCUT2D eigenvalue weighted by Crippen LogP contribution is 2.18. The van der Waals surface area contributed by atoms with Gasteiger partial charge in [-0.1, -0.05) is 6.07 Å². The molecule has 0 aliphatic rings. The minimum absolute atomic E-state index is 0.0265. The second-order valence-corrected chi connectivity index (χ2v) is 4.91. The maximum absolute atomic E-state index is 11.9. The van der Waals surface area contributed by atoms with Crippen LogP contribution in [0.4, 0.5) is 5.69 Å². The van der Waals surface area contributed by atoms with Crippen molar-refractivity contribution in [3.63, 3.8) is 0 Å². The van der Waals surface area contributed by atoms with E-state index in [0.29, 0.717) is 0 Å². The smallest absolute Gasteiger partial charge is 0.262 e. The van der Waals surface area contributed by atoms with Crippen LogP contribution in [0, 0.1) is 0 Å². The molecule has 6 nitrogen and oxygen atoms in total. The van der Waals surface area contributed by atoms with E-state index in [-0.39, 0.29) is 16.3 Å². The summed E-state index contributed by atoms with van der Waals surface area (Å²) in [5, 5.41) is 9.23. The predicted molar refractivity (Wildman–Crippen MR) is 60.9 cm³/mol. The summed E-state index contributed by atoms with van der Waals surface area (Å²) in [6.07, 6.45) is 3.98. The van der Waals surface area contributed by atoms with Gasteiger partial charge in [-0.15, -0.1) is 0 Å². The largest absolute Gasteiger partial charge is 0.508 e. The summed E-state index contributed by atoms with van der Waals surface area (Å²) in [6.45, 7) is 0. The topological polar surface area (TPSA) is 92.2 Å². The minimum Gasteiger partial charge on any atom is -0.508 e. The van der Waals surface area contributed by atoms with Gasteiger partial charge in [0.15, 0.2) is 0 Å². The van der Waals surface area contributed by atoms with Gasteiger partial charge in [-0.25, -0.2) is 18.4 Å². The van der Waals surface area contributed by atoms with Crippen molar-refractivity contribution in [3.8, 4) is 5.75 Å². The Kier molecular flexibility index (Phi) is 2.92. The summed E-state index contributed by atoms with van der Waals surface area (Å²) in [6, 6.07) is 5.38. The number of phenols is 1. The fourth-order valence-electron chi connectivity index (χ4n) is 1.22. The number of nitrogens with one attached hydrogen (secondary N) is 1. The van der Waals surface area contributed by atoms with Crippen LogP contribution in [0.25, 0.3) is 0 Å². The first-order chi connectivity index (χ1) is 8.08. The Morgan fingerprint density at radius 2 is 1.88 bits per heavy atom. The number of aromatic nitrogens is 2. The molecule has 1 aromatic carbocycles. The molecule has 0 saturated carbocycles. The molecule has 0 aliphatic heterocycles. The van der Waals surface area contributed by atoms with E-state index in [1.165, 1.54) is 36.9 Å². The van der Waals surface area contributed by atoms with Crippen molar-refractivity contribution in [1.29, 1.82) is 0 Å². The number of hydrogen-bond acceptors (Lipinski definition) is 5. The minimum atomic E-state index is -3.73. The molecule has 2 aromatic rings. The summed E-state index contributed by atoms with van der Waals surface area (Å²) in [5.41, 5.74) is 0.260. The van der Waals surface area contributed by atoms with Crippen LogP contribution in [-0.4, -0.2) is 23.5 Å². The van der Waals surface area contributed by atoms with E-state index in [2.05, 4.69) is 14.7 Å². The van der Waals surface area contributed by atoms with Gasteiger partial charge in [-0.05, 0) is 12.1 Å². The Morgan fingerprint density at radius 1 is 1.18 bits per heavy atom. The molecule has 2 N–H and O–H groups in total. The molecule has 1 heterocycles. The molecule has 0 atom stereocenters. The molecule has 1 aromatic heterocycles. The van der Waals surface area contributed by atoms with Crippen molar-refractivity contribution in [2.75, 3.05) is 4.72 Å². The lowest BCUT2D eigenvalue weighted by atomic mass is 10.3. The van der Waals surface area contributed by atoms with Crippen LogP contribution in [0.15, 0.2) is 47.9 Å². The van der Waals surface area contributed by atoms with Gasteiger partial charge in [0.1, 0.15) is 12.1 Å². The van der Waals surface area contributed by atoms with E-state index in [4.69, 9.17) is 0 Å². The zero-order valence-corrected chi connectivity index (χ0v) is 9.42. The molecule has 17 heavy (non-hydrogen) atoms. The number of phenolic OH excluding ortho intramolecular Hbond substituents is 1. The molecular formula is C10H9N3O3S. The Bertz CT molecular complexity index is 614. The van der Waals surface area contributed by atoms with Crippen LogP contribution < -0.4 is 4.72 Å². The number of nitrogens with zero attached hydrogens (tertiary/aromatic N) is 2. The maximum atomic E-state index is 11.9. The highest BCUT2D eigenvalue weighted by Gasteiger charge is 2.14. The Balaban J connectivity index is 2.32. The zero-order chi connectivity index (χ0) is 12.3. The Morgan fingerprint density at radius 3 is 2.53 bits per heavy atom. The second-order valence-electron chi connectivity index (χ2n) is 3.23. The van der Waals surface area contributed by atoms with E-state index in [1.54, 1.807) is 0 Å². The lowest BCUT2D eigenvalue weighted by molar-refractivity contribution is 0.473. The lowest BCUT2D eigenvalue weighted by Gasteiger charge is -2.07. The fourth-order valence-corrected chi connectivity index (χ4v) is 2.28. The molecule has 7 heteroatoms. The van der Waals surface area contributed by atoms with Crippen LogP contribution in [0.2, 0.25) is 0 Å². The fraction of sp³-hybridized carbons (Fsp3) is 0. The van der Waals surface area contributed by atoms with Crippen molar-refractivity contribution in [1.82, 2.24) is 9.97 Å². The third-order valence-electron chi connectivity index (χ3n) is 1.94. The van der Waals surface area contributed by atoms with E-state index in [0.717, 1.165) is 6.07 Å². The third-order valence-corrected chi connectivity index (χ3v) is 3.32. The molecule has 0 unspecified atom stereocenters. The van der Waals surface area contributed by atoms with Crippen molar-refractivity contribution in [2.24, 2.45) is 0 Å². The average Bonchev–Trinajstić information content (AvgIpc) is 2.30. The van der Waals surface area contributed by atoms with E-state index < -0.39 is 10.0 Å². The average molecular weight is 251 g/mol. The normalized spacial score (nSPS) is 11.1. The number of benzene rings is 1. The monoisotopic (exact) mass is 251 g/mol. The summed E-state index contributed by atoms with van der Waals surface area (Å²) < 4.78 is 26.0. The zero-order valence-electron chi connectivity index (χ0n) is 8.61. The van der Waals surface area contributed by atoms with Crippen molar-refractivity contribution >= 4 is 15.7 Å². The Hall–Kier alpha value is -2.15. The van der Waals surface area contributed by atoms with Crippen LogP contribution >= 0.6 is 0 Å². The van der Waals surface area contributed by atoms with Crippen molar-refractivity contribution in [2.45, 2.75) is 4.90 Å². The van der Waals surface area contributed by atoms with E-state index in [9.17, 15) is 13.5 Å². The second kappa shape index (κ2) is 4.38. The molecule has 0 amide bonds. The van der Waals surface area contributed by atoms with Gasteiger partial charge in [0.25, 0.3) is 10.0 Å². The molecule has 0 bridgehead atoms. The molecule has 0 radical (unpaired) electrons. The Labute approximate surface area is 98.0 Å². The molecule has 0 fully saturated rings. The predicted octanol–water partition coefficient (Wildman–Crippen LogP) is 0.983. The summed E-state index contributed by atoms with van der Waals surface area (Å²) >= 11 is 0. The van der Waals surface area contributed by atoms with E-state index in [1.807, 2.05) is 0 Å². The molecule has 2 rings (SSSR count). The van der Waals surface area contributed by atoms with Gasteiger partial charge in [0, 0.05) is 6.07 Å². The highest BCUT2D eigenvalue weighted by atomic mass is 32.2. The van der Waals surface area contributed by atoms with Crippen LogP contribution in [0.1, 0.15) is 0 Å². The number of rotatable bonds is 3. The van der Waals surface area contributed by atoms with Gasteiger partial charge < -0.3 is 5.11 Å². The number of anilines is 1. The van der Waals surface area contributed by atoms with Gasteiger partial charge in [-0.2, -0.15) is 0 Å². The van der Waals surface area contributed by atoms with Gasteiger partial charge in [0.05, 0.1) is 23.0 Å². The molecule has 0 spiro atoms. The molecule has 0 saturated heterocycles. The number of sulfonamides is 1. The van der Waals surface area contributed by atoms with Crippen molar-refractivity contribution in [3.05, 3.63) is 43.0 Å². The first-order valence-corrected chi connectivity index (χ1v) is 6.13. The number of aromatic hydroxyl groups is 1. The lowest BCUT2D eigenvalue weighted by Crippen LogP contribution is -2.13. The van der Waals surface area contributed by atoms with Gasteiger partial charge >= 0.3 is 0 Å². The van der Waals surface area contributed by atoms with Crippen molar-refractivity contribution < 1.29 is 13.5 Å². The summed E-state index contributed by atoms with van der Waals surface area (Å²) in [4.78, 5) is 7.36. The van der Waals surface area contributed by atoms with Gasteiger partial charge in [-0.3, -0.25) is 4.72 Å². The van der Waals surface area contributed by atoms with Crippen LogP contribution in [0.3, 0.4) is 0 Å². The molecular weight excluding hydrogens is 242 g/mol. The molecule has 88 valence electrons. The van der Waals surface area contributed by atoms with Crippen LogP contribution in [-0.2, 0) is 10.0 Å². The SMILES string of the molecule is O=S(=O)(Nc1cncnc1)c1cccc(O)c1. The molecule has 0 aliphatic carbocycles. The first-order valence-electron chi connectivity index (χ1n) is 4.65. The quantitative estimate of drug-likeness (QED) is 0.848. The summed E-state index contributed by atoms with van der Waals surface area (Å²) in [5.74, 6) is -0.114. The number of hydrogen-bond donors (Lipinski definition) is 2. The van der Waals surface area contributed by atoms with Gasteiger partial charge in [0.2, 0.25) is 0 Å². The van der Waals surface area contributed by atoms with E-state index >= 15 is 0 Å². The van der Waals surface area contributed by atoms with Crippen LogP contribution in [0.5, 0.6) is 5.75 Å².